The fourth-order valence-corrected chi connectivity index (χ4v) is 9.93. The third-order valence-corrected chi connectivity index (χ3v) is 13.3. The molecule has 11 nitrogen and oxygen atoms in total. The second-order valence-corrected chi connectivity index (χ2v) is 16.2. The Balaban J connectivity index is 0.00000312. The zero-order valence-electron chi connectivity index (χ0n) is 30.8. The number of ether oxygens (including phenoxy) is 5. The first kappa shape index (κ1) is 42.7. The van der Waals surface area contributed by atoms with Crippen molar-refractivity contribution in [1.82, 2.24) is 0 Å². The van der Waals surface area contributed by atoms with Gasteiger partial charge in [-0.25, -0.2) is 0 Å². The fourth-order valence-electron chi connectivity index (χ4n) is 9.93. The van der Waals surface area contributed by atoms with Crippen LogP contribution in [-0.2, 0) is 28.5 Å². The monoisotopic (exact) mass is 693 g/mol. The molecule has 0 bridgehead atoms. The van der Waals surface area contributed by atoms with Crippen LogP contribution in [0.2, 0.25) is 0 Å². The van der Waals surface area contributed by atoms with Gasteiger partial charge >= 0.3 is 29.6 Å². The van der Waals surface area contributed by atoms with Crippen molar-refractivity contribution in [2.75, 3.05) is 19.8 Å². The molecule has 0 aromatic carbocycles. The van der Waals surface area contributed by atoms with Gasteiger partial charge in [0.15, 0.2) is 11.6 Å². The van der Waals surface area contributed by atoms with E-state index >= 15 is 0 Å². The molecule has 5 fully saturated rings. The molecule has 0 aromatic heterocycles. The molecule has 5 rings (SSSR count). The van der Waals surface area contributed by atoms with Gasteiger partial charge in [0.05, 0.1) is 54.9 Å². The zero-order valence-corrected chi connectivity index (χ0v) is 32.8. The average molecular weight is 694 g/mol. The third-order valence-electron chi connectivity index (χ3n) is 13.3. The molecule has 0 amide bonds. The Hall–Kier alpha value is 0.270. The Morgan fingerprint density at radius 3 is 2.29 bits per heavy atom. The van der Waals surface area contributed by atoms with Crippen molar-refractivity contribution in [2.45, 2.75) is 154 Å². The molecule has 5 saturated heterocycles. The van der Waals surface area contributed by atoms with Gasteiger partial charge in [0.2, 0.25) is 0 Å². The molecule has 48 heavy (non-hydrogen) atoms. The van der Waals surface area contributed by atoms with Crippen molar-refractivity contribution < 1.29 is 83.9 Å². The van der Waals surface area contributed by atoms with Crippen LogP contribution in [0.4, 0.5) is 0 Å². The van der Waals surface area contributed by atoms with Crippen LogP contribution >= 0.6 is 0 Å². The van der Waals surface area contributed by atoms with Crippen molar-refractivity contribution >= 4 is 6.29 Å². The quantitative estimate of drug-likeness (QED) is 0.186. The van der Waals surface area contributed by atoms with E-state index in [0.717, 1.165) is 32.1 Å². The Morgan fingerprint density at radius 1 is 1.00 bits per heavy atom. The van der Waals surface area contributed by atoms with Gasteiger partial charge in [0, 0.05) is 37.2 Å². The second-order valence-electron chi connectivity index (χ2n) is 16.2. The normalized spacial score (nSPS) is 49.6. The van der Waals surface area contributed by atoms with Gasteiger partial charge in [-0.2, -0.15) is 0 Å². The van der Waals surface area contributed by atoms with Crippen LogP contribution in [0.3, 0.4) is 0 Å². The van der Waals surface area contributed by atoms with Gasteiger partial charge in [-0.3, -0.25) is 6.29 Å². The summed E-state index contributed by atoms with van der Waals surface area (Å²) in [5.74, 6) is -3.39. The molecule has 0 radical (unpaired) electrons. The first-order chi connectivity index (χ1) is 21.6. The summed E-state index contributed by atoms with van der Waals surface area (Å²) in [6.07, 6.45) is 5.35. The van der Waals surface area contributed by atoms with E-state index in [1.807, 2.05) is 27.1 Å². The molecule has 3 unspecified atom stereocenters. The molecule has 5 heterocycles. The van der Waals surface area contributed by atoms with Crippen LogP contribution in [0.5, 0.6) is 0 Å². The van der Waals surface area contributed by atoms with Crippen molar-refractivity contribution in [2.24, 2.45) is 47.3 Å². The molecule has 0 aromatic rings. The first-order valence-electron chi connectivity index (χ1n) is 18.0. The van der Waals surface area contributed by atoms with Gasteiger partial charge in [-0.1, -0.05) is 48.5 Å². The van der Waals surface area contributed by atoms with E-state index in [1.54, 1.807) is 6.92 Å². The summed E-state index contributed by atoms with van der Waals surface area (Å²) in [6.45, 7) is 16.2. The van der Waals surface area contributed by atoms with Gasteiger partial charge in [0.1, 0.15) is 0 Å². The molecule has 5 N–H and O–H groups in total. The maximum Gasteiger partial charge on any atom is 1.00 e. The standard InChI is InChI=1S/C36H61O10.Na.H2O/c1-9-34(32-24(6)27(18-42-32)30-20(2)14-22(4)36(41,19-39)45-30)11-10-29(43-34)33(8)12-13-35(46-33)15-28(40)25(7)31(44-35)23(5)26(17-38)21(3)16-37;;/h20-32,38-41H,9-15,17-19H2,1-8H3;;1H2/q-1;+1;/p-1/t20?,21-,22-,23+,24+,25-,26+,27?,28+,29-,30+,31-,32-,33+,34+,35-,36?;;/m1../s1. The maximum atomic E-state index is 11.5. The van der Waals surface area contributed by atoms with E-state index in [2.05, 4.69) is 27.7 Å². The Morgan fingerprint density at radius 2 is 1.69 bits per heavy atom. The van der Waals surface area contributed by atoms with Gasteiger partial charge in [0.25, 0.3) is 0 Å². The van der Waals surface area contributed by atoms with Crippen molar-refractivity contribution in [3.63, 3.8) is 0 Å². The molecule has 1 spiro atoms. The maximum absolute atomic E-state index is 11.5. The molecule has 17 atom stereocenters. The summed E-state index contributed by atoms with van der Waals surface area (Å²) < 4.78 is 33.6. The number of hydrogen-bond acceptors (Lipinski definition) is 11. The molecule has 0 aliphatic carbocycles. The van der Waals surface area contributed by atoms with Crippen molar-refractivity contribution in [1.29, 1.82) is 0 Å². The van der Waals surface area contributed by atoms with Crippen LogP contribution < -0.4 is 29.6 Å². The Bertz CT molecular complexity index is 1070. The molecular weight excluding hydrogens is 631 g/mol. The first-order valence-corrected chi connectivity index (χ1v) is 18.0. The van der Waals surface area contributed by atoms with Gasteiger partial charge < -0.3 is 54.4 Å². The number of aliphatic hydroxyl groups is 4. The van der Waals surface area contributed by atoms with Crippen LogP contribution in [0.25, 0.3) is 0 Å². The largest absolute Gasteiger partial charge is 1.00 e. The topological polar surface area (TPSA) is 174 Å². The number of rotatable bonds is 10. The van der Waals surface area contributed by atoms with Crippen molar-refractivity contribution in [3.05, 3.63) is 0 Å². The summed E-state index contributed by atoms with van der Waals surface area (Å²) in [6, 6.07) is 0. The van der Waals surface area contributed by atoms with Crippen molar-refractivity contribution in [3.8, 4) is 0 Å². The van der Waals surface area contributed by atoms with Crippen LogP contribution in [0, 0.1) is 47.3 Å². The summed E-state index contributed by atoms with van der Waals surface area (Å²) in [5.41, 5.74) is -1.12. The van der Waals surface area contributed by atoms with E-state index in [0.29, 0.717) is 19.4 Å². The molecule has 0 saturated carbocycles. The third kappa shape index (κ3) is 7.52. The predicted molar refractivity (Wildman–Crippen MR) is 172 cm³/mol. The van der Waals surface area contributed by atoms with Gasteiger partial charge in [-0.15, -0.1) is 5.92 Å². The SMILES string of the molecule is CC[C@@]1([C@@H]2OCC([C@H]3OC(O)(CO)[C@H](C)CC3C)[C@@H]2C)CC[C@H]([C@]2(C)CC[C@]3(C[C@H](O)[C@@H](C)[C@@H]([C@@H](C)[C@@H](CO)[C@H](C)[C-]=O)O3)O2)O1.[Na+].[OH-]. The van der Waals surface area contributed by atoms with E-state index in [1.165, 1.54) is 0 Å². The average Bonchev–Trinajstić information content (AvgIpc) is 3.73. The fraction of sp³-hybridized carbons (Fsp3) is 0.972. The molecular formula is C36H62NaO11-. The van der Waals surface area contributed by atoms with Crippen LogP contribution in [-0.4, -0.2) is 105 Å². The summed E-state index contributed by atoms with van der Waals surface area (Å²) in [7, 11) is 0. The Labute approximate surface area is 309 Å². The minimum atomic E-state index is -1.54. The van der Waals surface area contributed by atoms with E-state index in [-0.39, 0.29) is 107 Å². The van der Waals surface area contributed by atoms with E-state index < -0.39 is 41.4 Å². The van der Waals surface area contributed by atoms with E-state index in [4.69, 9.17) is 23.7 Å². The molecule has 274 valence electrons. The Kier molecular flexibility index (Phi) is 14.3. The summed E-state index contributed by atoms with van der Waals surface area (Å²) in [4.78, 5) is 11.5. The second kappa shape index (κ2) is 16.1. The summed E-state index contributed by atoms with van der Waals surface area (Å²) in [5, 5.41) is 42.3. The van der Waals surface area contributed by atoms with Gasteiger partial charge in [-0.05, 0) is 62.7 Å². The van der Waals surface area contributed by atoms with Crippen LogP contribution in [0.15, 0.2) is 0 Å². The number of aliphatic hydroxyl groups excluding tert-OH is 3. The van der Waals surface area contributed by atoms with Crippen LogP contribution in [0.1, 0.15) is 100 Å². The minimum Gasteiger partial charge on any atom is -0.870 e. The zero-order chi connectivity index (χ0) is 33.8. The minimum absolute atomic E-state index is 0. The molecule has 5 aliphatic heterocycles. The number of hydrogen-bond donors (Lipinski definition) is 4. The number of carbonyl (C=O) groups excluding carboxylic acids is 1. The van der Waals surface area contributed by atoms with E-state index in [9.17, 15) is 25.2 Å². The molecule has 12 heteroatoms. The summed E-state index contributed by atoms with van der Waals surface area (Å²) >= 11 is 0. The predicted octanol–water partition coefficient (Wildman–Crippen LogP) is 0.576. The molecule has 5 aliphatic rings. The smallest absolute Gasteiger partial charge is 0.870 e.